The maximum Gasteiger partial charge on any atom is 0.253 e. The first-order valence-corrected chi connectivity index (χ1v) is 6.14. The normalized spacial score (nSPS) is 12.3. The second-order valence-electron chi connectivity index (χ2n) is 4.55. The van der Waals surface area contributed by atoms with Crippen LogP contribution in [0.1, 0.15) is 29.8 Å². The number of aryl methyl sites for hydroxylation is 1. The predicted octanol–water partition coefficient (Wildman–Crippen LogP) is 2.01. The molecule has 5 nitrogen and oxygen atoms in total. The van der Waals surface area contributed by atoms with E-state index in [4.69, 9.17) is 10.9 Å². The summed E-state index contributed by atoms with van der Waals surface area (Å²) in [5.41, 5.74) is 6.14. The van der Waals surface area contributed by atoms with Crippen molar-refractivity contribution in [1.29, 1.82) is 0 Å². The summed E-state index contributed by atoms with van der Waals surface area (Å²) >= 11 is 3.34. The van der Waals surface area contributed by atoms with Crippen LogP contribution in [0.2, 0.25) is 0 Å². The van der Waals surface area contributed by atoms with Crippen LogP contribution in [0.4, 0.5) is 0 Å². The van der Waals surface area contributed by atoms with E-state index >= 15 is 0 Å². The molecule has 0 atom stereocenters. The van der Waals surface area contributed by atoms with E-state index in [1.807, 2.05) is 19.1 Å². The first-order chi connectivity index (χ1) is 8.27. The second kappa shape index (κ2) is 5.39. The molecule has 0 heterocycles. The minimum absolute atomic E-state index is 0.0564. The molecule has 6 heteroatoms. The third-order valence-corrected chi connectivity index (χ3v) is 3.20. The number of nitrogens with two attached hydrogens (primary N) is 1. The molecule has 0 radical (unpaired) electrons. The van der Waals surface area contributed by atoms with Crippen molar-refractivity contribution in [1.82, 2.24) is 5.32 Å². The van der Waals surface area contributed by atoms with E-state index in [0.29, 0.717) is 10.0 Å². The summed E-state index contributed by atoms with van der Waals surface area (Å²) in [7, 11) is 0. The molecule has 0 aliphatic carbocycles. The first kappa shape index (κ1) is 14.5. The molecular weight excluding hydrogens is 298 g/mol. The van der Waals surface area contributed by atoms with E-state index in [-0.39, 0.29) is 11.7 Å². The van der Waals surface area contributed by atoms with Crippen LogP contribution in [0, 0.1) is 6.92 Å². The largest absolute Gasteiger partial charge is 0.409 e. The topological polar surface area (TPSA) is 87.7 Å². The van der Waals surface area contributed by atoms with Crippen LogP contribution in [0.15, 0.2) is 27.8 Å². The molecule has 0 bridgehead atoms. The molecule has 0 saturated carbocycles. The number of hydrogen-bond acceptors (Lipinski definition) is 3. The number of carbonyl (C=O) groups is 1. The highest BCUT2D eigenvalue weighted by atomic mass is 79.9. The first-order valence-electron chi connectivity index (χ1n) is 5.34. The van der Waals surface area contributed by atoms with Crippen molar-refractivity contribution in [2.75, 3.05) is 0 Å². The van der Waals surface area contributed by atoms with Crippen LogP contribution in [-0.2, 0) is 0 Å². The number of benzene rings is 1. The molecule has 0 fully saturated rings. The Hall–Kier alpha value is -1.56. The number of halogens is 1. The molecule has 0 spiro atoms. The van der Waals surface area contributed by atoms with Crippen molar-refractivity contribution in [2.24, 2.45) is 10.9 Å². The van der Waals surface area contributed by atoms with E-state index in [2.05, 4.69) is 26.4 Å². The minimum Gasteiger partial charge on any atom is -0.409 e. The van der Waals surface area contributed by atoms with Crippen LogP contribution in [0.5, 0.6) is 0 Å². The van der Waals surface area contributed by atoms with Gasteiger partial charge >= 0.3 is 0 Å². The van der Waals surface area contributed by atoms with Crippen LogP contribution in [0.25, 0.3) is 0 Å². The van der Waals surface area contributed by atoms with Gasteiger partial charge in [-0.1, -0.05) is 11.2 Å². The number of nitrogens with one attached hydrogen (secondary N) is 1. The Morgan fingerprint density at radius 3 is 2.61 bits per heavy atom. The Kier molecular flexibility index (Phi) is 4.34. The molecule has 0 aliphatic rings. The number of amidine groups is 1. The molecule has 0 aromatic heterocycles. The Bertz CT molecular complexity index is 498. The highest BCUT2D eigenvalue weighted by Gasteiger charge is 2.26. The van der Waals surface area contributed by atoms with Crippen molar-refractivity contribution in [3.8, 4) is 0 Å². The summed E-state index contributed by atoms with van der Waals surface area (Å²) in [6.45, 7) is 5.25. The summed E-state index contributed by atoms with van der Waals surface area (Å²) in [5.74, 6) is -0.349. The maximum atomic E-state index is 12.1. The van der Waals surface area contributed by atoms with Gasteiger partial charge in [0.15, 0.2) is 5.84 Å². The van der Waals surface area contributed by atoms with Gasteiger partial charge in [0, 0.05) is 4.47 Å². The summed E-state index contributed by atoms with van der Waals surface area (Å²) < 4.78 is 0.704. The van der Waals surface area contributed by atoms with E-state index < -0.39 is 5.54 Å². The SMILES string of the molecule is Cc1ccc(C(=O)NC(C)(C)/C(N)=N/O)c(Br)c1. The highest BCUT2D eigenvalue weighted by molar-refractivity contribution is 9.10. The molecule has 98 valence electrons. The van der Waals surface area contributed by atoms with Crippen molar-refractivity contribution in [3.63, 3.8) is 0 Å². The lowest BCUT2D eigenvalue weighted by molar-refractivity contribution is 0.0930. The molecule has 1 amide bonds. The average Bonchev–Trinajstić information content (AvgIpc) is 2.26. The number of rotatable bonds is 3. The average molecular weight is 314 g/mol. The van der Waals surface area contributed by atoms with E-state index in [1.54, 1.807) is 19.9 Å². The van der Waals surface area contributed by atoms with Gasteiger partial charge in [0.1, 0.15) is 0 Å². The number of oxime groups is 1. The zero-order valence-corrected chi connectivity index (χ0v) is 12.1. The Labute approximate surface area is 114 Å². The van der Waals surface area contributed by atoms with Crippen molar-refractivity contribution >= 4 is 27.7 Å². The standard InChI is InChI=1S/C12H16BrN3O2/c1-7-4-5-8(9(13)6-7)10(17)15-12(2,3)11(14)16-18/h4-6,18H,1-3H3,(H2,14,16)(H,15,17). The summed E-state index contributed by atoms with van der Waals surface area (Å²) in [5, 5.41) is 14.3. The molecule has 1 aromatic rings. The summed E-state index contributed by atoms with van der Waals surface area (Å²) in [6.07, 6.45) is 0. The van der Waals surface area contributed by atoms with Gasteiger partial charge in [-0.3, -0.25) is 4.79 Å². The van der Waals surface area contributed by atoms with E-state index in [1.165, 1.54) is 0 Å². The van der Waals surface area contributed by atoms with Gasteiger partial charge in [-0.15, -0.1) is 0 Å². The smallest absolute Gasteiger partial charge is 0.253 e. The molecule has 1 aromatic carbocycles. The Balaban J connectivity index is 2.96. The van der Waals surface area contributed by atoms with Gasteiger partial charge < -0.3 is 16.3 Å². The van der Waals surface area contributed by atoms with Crippen molar-refractivity contribution < 1.29 is 10.0 Å². The molecule has 0 saturated heterocycles. The third-order valence-electron chi connectivity index (χ3n) is 2.54. The fraction of sp³-hybridized carbons (Fsp3) is 0.333. The maximum absolute atomic E-state index is 12.1. The molecule has 1 rings (SSSR count). The highest BCUT2D eigenvalue weighted by Crippen LogP contribution is 2.19. The van der Waals surface area contributed by atoms with E-state index in [9.17, 15) is 4.79 Å². The van der Waals surface area contributed by atoms with Gasteiger partial charge in [0.2, 0.25) is 0 Å². The van der Waals surface area contributed by atoms with Gasteiger partial charge in [-0.25, -0.2) is 0 Å². The second-order valence-corrected chi connectivity index (χ2v) is 5.40. The molecule has 0 aliphatic heterocycles. The summed E-state index contributed by atoms with van der Waals surface area (Å²) in [6, 6.07) is 5.42. The van der Waals surface area contributed by atoms with Crippen LogP contribution in [-0.4, -0.2) is 22.5 Å². The number of hydrogen-bond donors (Lipinski definition) is 3. The Morgan fingerprint density at radius 1 is 1.50 bits per heavy atom. The van der Waals surface area contributed by atoms with Gasteiger partial charge in [-0.05, 0) is 54.4 Å². The molecule has 4 N–H and O–H groups in total. The fourth-order valence-electron chi connectivity index (χ4n) is 1.34. The van der Waals surface area contributed by atoms with E-state index in [0.717, 1.165) is 5.56 Å². The zero-order chi connectivity index (χ0) is 13.9. The van der Waals surface area contributed by atoms with Crippen molar-refractivity contribution in [2.45, 2.75) is 26.3 Å². The Morgan fingerprint density at radius 2 is 2.11 bits per heavy atom. The van der Waals surface area contributed by atoms with Crippen LogP contribution < -0.4 is 11.1 Å². The summed E-state index contributed by atoms with van der Waals surface area (Å²) in [4.78, 5) is 12.1. The van der Waals surface area contributed by atoms with Crippen LogP contribution >= 0.6 is 15.9 Å². The molecule has 18 heavy (non-hydrogen) atoms. The van der Waals surface area contributed by atoms with Crippen molar-refractivity contribution in [3.05, 3.63) is 33.8 Å². The monoisotopic (exact) mass is 313 g/mol. The fourth-order valence-corrected chi connectivity index (χ4v) is 2.02. The number of carbonyl (C=O) groups excluding carboxylic acids is 1. The van der Waals surface area contributed by atoms with Crippen LogP contribution in [0.3, 0.4) is 0 Å². The third kappa shape index (κ3) is 3.22. The lowest BCUT2D eigenvalue weighted by atomic mass is 10.0. The van der Waals surface area contributed by atoms with Gasteiger partial charge in [0.25, 0.3) is 5.91 Å². The molecular formula is C12H16BrN3O2. The van der Waals surface area contributed by atoms with Gasteiger partial charge in [-0.2, -0.15) is 0 Å². The molecule has 0 unspecified atom stereocenters. The quantitative estimate of drug-likeness (QED) is 0.345. The number of nitrogens with zero attached hydrogens (tertiary/aromatic N) is 1. The van der Waals surface area contributed by atoms with Gasteiger partial charge in [0.05, 0.1) is 11.1 Å². The zero-order valence-electron chi connectivity index (χ0n) is 10.5. The predicted molar refractivity (Wildman–Crippen MR) is 73.8 cm³/mol. The lowest BCUT2D eigenvalue weighted by Gasteiger charge is -2.24. The minimum atomic E-state index is -0.920. The lowest BCUT2D eigenvalue weighted by Crippen LogP contribution is -2.53. The number of amides is 1.